The first-order valence-electron chi connectivity index (χ1n) is 12.9. The number of aryl methyl sites for hydroxylation is 4. The van der Waals surface area contributed by atoms with E-state index < -0.39 is 0 Å². The van der Waals surface area contributed by atoms with Crippen LogP contribution in [0.5, 0.6) is 0 Å². The molecule has 0 radical (unpaired) electrons. The topological polar surface area (TPSA) is 0 Å². The maximum Gasteiger partial charge on any atom is -0.0224 e. The van der Waals surface area contributed by atoms with Crippen molar-refractivity contribution in [3.05, 3.63) is 119 Å². The van der Waals surface area contributed by atoms with Gasteiger partial charge in [0.1, 0.15) is 0 Å². The van der Waals surface area contributed by atoms with Crippen LogP contribution in [0.25, 0.3) is 0 Å². The highest BCUT2D eigenvalue weighted by molar-refractivity contribution is 5.21. The molecule has 0 spiro atoms. The highest BCUT2D eigenvalue weighted by Gasteiger charge is 1.97. The molecule has 2 aromatic rings. The minimum Gasteiger partial charge on any atom is -0.0877 e. The molecular formula is C34H54. The lowest BCUT2D eigenvalue weighted by Crippen LogP contribution is -1.91. The Balaban J connectivity index is -0.000000361. The van der Waals surface area contributed by atoms with Gasteiger partial charge in [0, 0.05) is 0 Å². The largest absolute Gasteiger partial charge is 0.0877 e. The maximum atomic E-state index is 2.28. The average Bonchev–Trinajstić information content (AvgIpc) is 2.87. The van der Waals surface area contributed by atoms with Crippen LogP contribution in [0, 0.1) is 33.6 Å². The first-order chi connectivity index (χ1) is 16.3. The molecule has 0 fully saturated rings. The summed E-state index contributed by atoms with van der Waals surface area (Å²) in [5.41, 5.74) is 6.72. The first kappa shape index (κ1) is 36.0. The third-order valence-electron chi connectivity index (χ3n) is 4.43. The van der Waals surface area contributed by atoms with Gasteiger partial charge in [-0.2, -0.15) is 0 Å². The Morgan fingerprint density at radius 1 is 0.588 bits per heavy atom. The molecule has 0 heterocycles. The minimum absolute atomic E-state index is 0.763. The van der Waals surface area contributed by atoms with Crippen molar-refractivity contribution in [3.63, 3.8) is 0 Å². The standard InChI is InChI=1S/C8H12.2C8H10.C6H10.2C2H6/c3*1-7-3-5-8(2)6-4-7;1-3-5-6-4-2;2*1-2/h3-5,8H,6H2,1-2H3;2*3-6H,1-2H3;3-6H,1-2H3;2*1-2H3/b;;;5-3-,6-4-;;. The average molecular weight is 463 g/mol. The van der Waals surface area contributed by atoms with Gasteiger partial charge in [0.15, 0.2) is 0 Å². The first-order valence-corrected chi connectivity index (χ1v) is 12.9. The van der Waals surface area contributed by atoms with E-state index in [1.54, 1.807) is 0 Å². The lowest BCUT2D eigenvalue weighted by molar-refractivity contribution is 0.731. The molecule has 0 aliphatic heterocycles. The van der Waals surface area contributed by atoms with Gasteiger partial charge in [-0.3, -0.25) is 0 Å². The van der Waals surface area contributed by atoms with E-state index in [1.807, 2.05) is 65.8 Å². The predicted molar refractivity (Wildman–Crippen MR) is 161 cm³/mol. The van der Waals surface area contributed by atoms with Crippen molar-refractivity contribution < 1.29 is 0 Å². The number of hydrogen-bond donors (Lipinski definition) is 0. The summed E-state index contributed by atoms with van der Waals surface area (Å²) < 4.78 is 0. The number of benzene rings is 2. The van der Waals surface area contributed by atoms with E-state index in [4.69, 9.17) is 0 Å². The molecule has 0 saturated carbocycles. The molecule has 1 aliphatic carbocycles. The van der Waals surface area contributed by atoms with Crippen molar-refractivity contribution >= 4 is 0 Å². The number of allylic oxidation sites excluding steroid dienone is 8. The molecular weight excluding hydrogens is 408 g/mol. The van der Waals surface area contributed by atoms with Gasteiger partial charge >= 0.3 is 0 Å². The fourth-order valence-electron chi connectivity index (χ4n) is 2.33. The van der Waals surface area contributed by atoms with Crippen LogP contribution in [0.4, 0.5) is 0 Å². The zero-order valence-corrected chi connectivity index (χ0v) is 24.4. The van der Waals surface area contributed by atoms with E-state index >= 15 is 0 Å². The maximum absolute atomic E-state index is 2.28. The van der Waals surface area contributed by atoms with Gasteiger partial charge in [-0.05, 0) is 60.8 Å². The lowest BCUT2D eigenvalue weighted by Gasteiger charge is -2.06. The van der Waals surface area contributed by atoms with Crippen LogP contribution >= 0.6 is 0 Å². The molecule has 0 N–H and O–H groups in total. The Kier molecular flexibility index (Phi) is 28.2. The van der Waals surface area contributed by atoms with Gasteiger partial charge in [0.2, 0.25) is 0 Å². The Labute approximate surface area is 214 Å². The van der Waals surface area contributed by atoms with Gasteiger partial charge in [-0.1, -0.05) is 154 Å². The summed E-state index contributed by atoms with van der Waals surface area (Å²) in [7, 11) is 0. The summed E-state index contributed by atoms with van der Waals surface area (Å²) in [6.45, 7) is 24.8. The van der Waals surface area contributed by atoms with Crippen LogP contribution in [-0.4, -0.2) is 0 Å². The van der Waals surface area contributed by atoms with E-state index in [-0.39, 0.29) is 0 Å². The van der Waals surface area contributed by atoms with Crippen LogP contribution in [0.3, 0.4) is 0 Å². The lowest BCUT2D eigenvalue weighted by atomic mass is 10.00. The third-order valence-corrected chi connectivity index (χ3v) is 4.43. The zero-order chi connectivity index (χ0) is 26.8. The van der Waals surface area contributed by atoms with Crippen molar-refractivity contribution in [3.8, 4) is 0 Å². The van der Waals surface area contributed by atoms with Crippen LogP contribution in [-0.2, 0) is 0 Å². The number of rotatable bonds is 1. The second-order valence-electron chi connectivity index (χ2n) is 7.88. The zero-order valence-electron chi connectivity index (χ0n) is 24.4. The molecule has 190 valence electrons. The minimum atomic E-state index is 0.763. The Morgan fingerprint density at radius 3 is 1.06 bits per heavy atom. The molecule has 0 nitrogen and oxygen atoms in total. The van der Waals surface area contributed by atoms with E-state index in [1.165, 1.54) is 34.2 Å². The second kappa shape index (κ2) is 26.7. The normalized spacial score (nSPS) is 13.3. The summed E-state index contributed by atoms with van der Waals surface area (Å²) in [4.78, 5) is 0. The quantitative estimate of drug-likeness (QED) is 0.370. The molecule has 0 aromatic heterocycles. The fraction of sp³-hybridized carbons (Fsp3) is 0.412. The van der Waals surface area contributed by atoms with Gasteiger partial charge < -0.3 is 0 Å². The molecule has 1 unspecified atom stereocenters. The Hall–Kier alpha value is -2.60. The Morgan fingerprint density at radius 2 is 0.882 bits per heavy atom. The summed E-state index contributed by atoms with van der Waals surface area (Å²) in [6, 6.07) is 17.0. The molecule has 1 aliphatic rings. The van der Waals surface area contributed by atoms with Crippen molar-refractivity contribution in [2.24, 2.45) is 5.92 Å². The van der Waals surface area contributed by atoms with Gasteiger partial charge in [0.05, 0.1) is 0 Å². The molecule has 1 atom stereocenters. The smallest absolute Gasteiger partial charge is 0.0224 e. The molecule has 3 rings (SSSR count). The second-order valence-corrected chi connectivity index (χ2v) is 7.88. The molecule has 2 aromatic carbocycles. The monoisotopic (exact) mass is 462 g/mol. The third kappa shape index (κ3) is 25.7. The highest BCUT2D eigenvalue weighted by Crippen LogP contribution is 2.13. The molecule has 0 bridgehead atoms. The van der Waals surface area contributed by atoms with Crippen molar-refractivity contribution in [2.45, 2.75) is 89.5 Å². The highest BCUT2D eigenvalue weighted by atomic mass is 14.0. The predicted octanol–water partition coefficient (Wildman–Crippen LogP) is 11.3. The van der Waals surface area contributed by atoms with Crippen molar-refractivity contribution in [1.29, 1.82) is 0 Å². The van der Waals surface area contributed by atoms with E-state index in [0.29, 0.717) is 0 Å². The summed E-state index contributed by atoms with van der Waals surface area (Å²) >= 11 is 0. The fourth-order valence-corrected chi connectivity index (χ4v) is 2.33. The molecule has 0 saturated heterocycles. The summed E-state index contributed by atoms with van der Waals surface area (Å²) in [5, 5.41) is 0. The summed E-state index contributed by atoms with van der Waals surface area (Å²) in [6.07, 6.45) is 16.0. The van der Waals surface area contributed by atoms with Gasteiger partial charge in [-0.25, -0.2) is 0 Å². The van der Waals surface area contributed by atoms with E-state index in [0.717, 1.165) is 5.92 Å². The van der Waals surface area contributed by atoms with Crippen molar-refractivity contribution in [1.82, 2.24) is 0 Å². The van der Waals surface area contributed by atoms with Crippen LogP contribution < -0.4 is 0 Å². The summed E-state index contributed by atoms with van der Waals surface area (Å²) in [5.74, 6) is 0.763. The van der Waals surface area contributed by atoms with Crippen LogP contribution in [0.15, 0.2) is 96.6 Å². The van der Waals surface area contributed by atoms with Crippen molar-refractivity contribution in [2.75, 3.05) is 0 Å². The van der Waals surface area contributed by atoms with Gasteiger partial charge in [0.25, 0.3) is 0 Å². The van der Waals surface area contributed by atoms with Gasteiger partial charge in [-0.15, -0.1) is 0 Å². The Bertz CT molecular complexity index is 685. The molecule has 34 heavy (non-hydrogen) atoms. The van der Waals surface area contributed by atoms with E-state index in [2.05, 4.69) is 108 Å². The van der Waals surface area contributed by atoms with Crippen LogP contribution in [0.2, 0.25) is 0 Å². The van der Waals surface area contributed by atoms with E-state index in [9.17, 15) is 0 Å². The molecule has 0 amide bonds. The van der Waals surface area contributed by atoms with Crippen LogP contribution in [0.1, 0.15) is 84.1 Å². The number of hydrogen-bond acceptors (Lipinski definition) is 0. The molecule has 0 heteroatoms. The SMILES string of the molecule is C/C=C\C=C/C.CC.CC.CC1=CCC(C)C=C1.Cc1ccc(C)cc1.Cc1ccc(C)cc1.